The molecule has 0 spiro atoms. The van der Waals surface area contributed by atoms with Crippen molar-refractivity contribution in [3.05, 3.63) is 59.0 Å². The van der Waals surface area contributed by atoms with Gasteiger partial charge in [0.05, 0.1) is 16.7 Å². The molecule has 0 aliphatic heterocycles. The minimum Gasteiger partial charge on any atom is -0.433 e. The summed E-state index contributed by atoms with van der Waals surface area (Å²) in [6.07, 6.45) is 0.832. The lowest BCUT2D eigenvalue weighted by molar-refractivity contribution is -0.116. The minimum absolute atomic E-state index is 0.0169. The maximum atomic E-state index is 12.7. The molecule has 0 bridgehead atoms. The molecule has 0 atom stereocenters. The molecule has 28 heavy (non-hydrogen) atoms. The summed E-state index contributed by atoms with van der Waals surface area (Å²) in [5.74, 6) is -0.507. The van der Waals surface area contributed by atoms with Gasteiger partial charge in [-0.2, -0.15) is 8.78 Å². The molecule has 0 fully saturated rings. The number of fused-ring (bicyclic) bond motifs is 1. The van der Waals surface area contributed by atoms with Crippen LogP contribution >= 0.6 is 0 Å². The second kappa shape index (κ2) is 8.69. The highest BCUT2D eigenvalue weighted by molar-refractivity contribution is 5.92. The van der Waals surface area contributed by atoms with E-state index in [0.29, 0.717) is 6.54 Å². The van der Waals surface area contributed by atoms with E-state index in [1.54, 1.807) is 15.2 Å². The van der Waals surface area contributed by atoms with Gasteiger partial charge >= 0.3 is 12.3 Å². The Balaban J connectivity index is 1.76. The molecule has 1 heterocycles. The van der Waals surface area contributed by atoms with Crippen LogP contribution < -0.4 is 15.7 Å². The summed E-state index contributed by atoms with van der Waals surface area (Å²) in [6.45, 7) is -0.219. The van der Waals surface area contributed by atoms with Gasteiger partial charge in [-0.1, -0.05) is 31.2 Å². The van der Waals surface area contributed by atoms with Gasteiger partial charge in [0.2, 0.25) is 5.91 Å². The second-order valence-corrected chi connectivity index (χ2v) is 6.25. The molecule has 0 aliphatic rings. The highest BCUT2D eigenvalue weighted by Crippen LogP contribution is 2.25. The second-order valence-electron chi connectivity index (χ2n) is 6.25. The van der Waals surface area contributed by atoms with Crippen molar-refractivity contribution in [3.63, 3.8) is 0 Å². The van der Waals surface area contributed by atoms with Gasteiger partial charge in [0, 0.05) is 19.5 Å². The van der Waals surface area contributed by atoms with Crippen LogP contribution in [-0.4, -0.2) is 21.7 Å². The maximum Gasteiger partial charge on any atom is 0.387 e. The standard InChI is InChI=1S/C20H21F2N3O3/c1-2-12-24-15-8-4-5-9-16(15)25(20(24)27)13-11-18(26)23-14-7-3-6-10-17(14)28-19(21)22/h3-10,19H,2,11-13H2,1H3,(H,23,26). The summed E-state index contributed by atoms with van der Waals surface area (Å²) in [5, 5.41) is 2.57. The largest absolute Gasteiger partial charge is 0.433 e. The average molecular weight is 389 g/mol. The van der Waals surface area contributed by atoms with Gasteiger partial charge in [-0.05, 0) is 30.7 Å². The molecule has 1 aromatic heterocycles. The molecule has 6 nitrogen and oxygen atoms in total. The predicted octanol–water partition coefficient (Wildman–Crippen LogP) is 3.84. The Bertz CT molecular complexity index is 1030. The van der Waals surface area contributed by atoms with E-state index in [0.717, 1.165) is 17.5 Å². The first-order valence-electron chi connectivity index (χ1n) is 9.03. The van der Waals surface area contributed by atoms with Crippen LogP contribution in [0.5, 0.6) is 5.75 Å². The first kappa shape index (κ1) is 19.6. The monoisotopic (exact) mass is 389 g/mol. The Kier molecular flexibility index (Phi) is 6.08. The summed E-state index contributed by atoms with van der Waals surface area (Å²) >= 11 is 0. The van der Waals surface area contributed by atoms with Crippen LogP contribution in [0.15, 0.2) is 53.3 Å². The predicted molar refractivity (Wildman–Crippen MR) is 103 cm³/mol. The number of aryl methyl sites for hydroxylation is 2. The average Bonchev–Trinajstić information content (AvgIpc) is 2.93. The highest BCUT2D eigenvalue weighted by atomic mass is 19.3. The summed E-state index contributed by atoms with van der Waals surface area (Å²) in [4.78, 5) is 25.0. The van der Waals surface area contributed by atoms with Crippen molar-refractivity contribution in [1.82, 2.24) is 9.13 Å². The van der Waals surface area contributed by atoms with Crippen molar-refractivity contribution in [2.45, 2.75) is 39.5 Å². The lowest BCUT2D eigenvalue weighted by Gasteiger charge is -2.11. The molecule has 0 aliphatic carbocycles. The van der Waals surface area contributed by atoms with E-state index >= 15 is 0 Å². The van der Waals surface area contributed by atoms with E-state index in [1.807, 2.05) is 31.2 Å². The summed E-state index contributed by atoms with van der Waals surface area (Å²) < 4.78 is 32.6. The summed E-state index contributed by atoms with van der Waals surface area (Å²) in [6, 6.07) is 13.4. The van der Waals surface area contributed by atoms with Gasteiger partial charge in [-0.3, -0.25) is 13.9 Å². The van der Waals surface area contributed by atoms with Crippen LogP contribution in [0.2, 0.25) is 0 Å². The first-order chi connectivity index (χ1) is 13.5. The fourth-order valence-corrected chi connectivity index (χ4v) is 3.12. The van der Waals surface area contributed by atoms with Crippen molar-refractivity contribution < 1.29 is 18.3 Å². The number of nitrogens with one attached hydrogen (secondary N) is 1. The Morgan fingerprint density at radius 2 is 1.64 bits per heavy atom. The Morgan fingerprint density at radius 1 is 1.04 bits per heavy atom. The van der Waals surface area contributed by atoms with Crippen LogP contribution in [-0.2, 0) is 17.9 Å². The van der Waals surface area contributed by atoms with Gasteiger partial charge in [-0.25, -0.2) is 4.79 Å². The summed E-state index contributed by atoms with van der Waals surface area (Å²) in [5.41, 5.74) is 1.58. The van der Waals surface area contributed by atoms with E-state index in [1.165, 1.54) is 18.2 Å². The Hall–Kier alpha value is -3.16. The molecular formula is C20H21F2N3O3. The number of hydrogen-bond donors (Lipinski definition) is 1. The Morgan fingerprint density at radius 3 is 2.29 bits per heavy atom. The number of nitrogens with zero attached hydrogens (tertiary/aromatic N) is 2. The molecule has 8 heteroatoms. The molecular weight excluding hydrogens is 368 g/mol. The first-order valence-corrected chi connectivity index (χ1v) is 9.03. The SMILES string of the molecule is CCCn1c(=O)n(CCC(=O)Nc2ccccc2OC(F)F)c2ccccc21. The van der Waals surface area contributed by atoms with Gasteiger partial charge < -0.3 is 10.1 Å². The number of anilines is 1. The number of carbonyl (C=O) groups is 1. The quantitative estimate of drug-likeness (QED) is 0.637. The number of para-hydroxylation sites is 4. The third-order valence-corrected chi connectivity index (χ3v) is 4.31. The third-order valence-electron chi connectivity index (χ3n) is 4.31. The lowest BCUT2D eigenvalue weighted by atomic mass is 10.2. The molecule has 1 amide bonds. The van der Waals surface area contributed by atoms with E-state index in [4.69, 9.17) is 0 Å². The molecule has 3 aromatic rings. The molecule has 1 N–H and O–H groups in total. The van der Waals surface area contributed by atoms with Crippen molar-refractivity contribution in [2.75, 3.05) is 5.32 Å². The zero-order valence-electron chi connectivity index (χ0n) is 15.4. The van der Waals surface area contributed by atoms with Gasteiger partial charge in [0.25, 0.3) is 0 Å². The molecule has 0 saturated heterocycles. The van der Waals surface area contributed by atoms with Gasteiger partial charge in [0.15, 0.2) is 0 Å². The number of alkyl halides is 2. The number of aromatic nitrogens is 2. The van der Waals surface area contributed by atoms with E-state index in [-0.39, 0.29) is 30.1 Å². The molecule has 3 rings (SSSR count). The number of rotatable bonds is 8. The number of carbonyl (C=O) groups excluding carboxylic acids is 1. The lowest BCUT2D eigenvalue weighted by Crippen LogP contribution is -2.26. The van der Waals surface area contributed by atoms with Crippen molar-refractivity contribution >= 4 is 22.6 Å². The van der Waals surface area contributed by atoms with Crippen LogP contribution in [0.25, 0.3) is 11.0 Å². The fourth-order valence-electron chi connectivity index (χ4n) is 3.12. The van der Waals surface area contributed by atoms with Crippen LogP contribution in [0.3, 0.4) is 0 Å². The van der Waals surface area contributed by atoms with E-state index < -0.39 is 12.5 Å². The van der Waals surface area contributed by atoms with Gasteiger partial charge in [-0.15, -0.1) is 0 Å². The molecule has 148 valence electrons. The van der Waals surface area contributed by atoms with Crippen molar-refractivity contribution in [2.24, 2.45) is 0 Å². The van der Waals surface area contributed by atoms with E-state index in [9.17, 15) is 18.4 Å². The van der Waals surface area contributed by atoms with E-state index in [2.05, 4.69) is 10.1 Å². The number of amides is 1. The number of ether oxygens (including phenoxy) is 1. The molecule has 2 aromatic carbocycles. The summed E-state index contributed by atoms with van der Waals surface area (Å²) in [7, 11) is 0. The smallest absolute Gasteiger partial charge is 0.387 e. The molecule has 0 radical (unpaired) electrons. The van der Waals surface area contributed by atoms with Crippen molar-refractivity contribution in [3.8, 4) is 5.75 Å². The zero-order valence-corrected chi connectivity index (χ0v) is 15.4. The Labute approximate surface area is 160 Å². The number of hydrogen-bond acceptors (Lipinski definition) is 3. The molecule has 0 saturated carbocycles. The topological polar surface area (TPSA) is 65.3 Å². The highest BCUT2D eigenvalue weighted by Gasteiger charge is 2.15. The maximum absolute atomic E-state index is 12.7. The zero-order chi connectivity index (χ0) is 20.1. The van der Waals surface area contributed by atoms with Crippen LogP contribution in [0, 0.1) is 0 Å². The van der Waals surface area contributed by atoms with Crippen LogP contribution in [0.1, 0.15) is 19.8 Å². The minimum atomic E-state index is -2.98. The van der Waals surface area contributed by atoms with Crippen molar-refractivity contribution in [1.29, 1.82) is 0 Å². The third kappa shape index (κ3) is 4.21. The van der Waals surface area contributed by atoms with Gasteiger partial charge in [0.1, 0.15) is 5.75 Å². The number of imidazole rings is 1. The number of halogens is 2. The normalized spacial score (nSPS) is 11.1. The number of benzene rings is 2. The van der Waals surface area contributed by atoms with Crippen LogP contribution in [0.4, 0.5) is 14.5 Å². The molecule has 0 unspecified atom stereocenters. The fraction of sp³-hybridized carbons (Fsp3) is 0.300.